The quantitative estimate of drug-likeness (QED) is 0.823. The van der Waals surface area contributed by atoms with Crippen LogP contribution in [0.1, 0.15) is 23.2 Å². The van der Waals surface area contributed by atoms with Crippen molar-refractivity contribution >= 4 is 15.7 Å². The van der Waals surface area contributed by atoms with Crippen LogP contribution in [0.15, 0.2) is 46.5 Å². The van der Waals surface area contributed by atoms with Crippen molar-refractivity contribution in [1.82, 2.24) is 14.9 Å². The summed E-state index contributed by atoms with van der Waals surface area (Å²) in [6, 6.07) is 5.92. The summed E-state index contributed by atoms with van der Waals surface area (Å²) in [4.78, 5) is 21.5. The standard InChI is InChI=1S/C17H20N4O4S/c1-21-8-6-12(7-9-21)25-17-19-10-13(11-20-17)26(23,24)15-5-3-2-4-14(15)16(18)22/h2-5,10-12H,6-9H2,1H3,(H2,18,22). The van der Waals surface area contributed by atoms with Crippen LogP contribution < -0.4 is 10.5 Å². The van der Waals surface area contributed by atoms with Crippen LogP contribution in [0.4, 0.5) is 0 Å². The number of aromatic nitrogens is 2. The number of carbonyl (C=O) groups excluding carboxylic acids is 1. The number of ether oxygens (including phenoxy) is 1. The molecule has 138 valence electrons. The van der Waals surface area contributed by atoms with Gasteiger partial charge in [-0.05, 0) is 32.0 Å². The summed E-state index contributed by atoms with van der Waals surface area (Å²) in [5, 5.41) is 0. The van der Waals surface area contributed by atoms with E-state index in [1.54, 1.807) is 6.07 Å². The van der Waals surface area contributed by atoms with Crippen molar-refractivity contribution < 1.29 is 17.9 Å². The Morgan fingerprint density at radius 3 is 2.42 bits per heavy atom. The van der Waals surface area contributed by atoms with Crippen LogP contribution >= 0.6 is 0 Å². The van der Waals surface area contributed by atoms with Gasteiger partial charge in [-0.15, -0.1) is 0 Å². The Hall–Kier alpha value is -2.52. The van der Waals surface area contributed by atoms with Crippen molar-refractivity contribution in [1.29, 1.82) is 0 Å². The molecule has 9 heteroatoms. The largest absolute Gasteiger partial charge is 0.460 e. The summed E-state index contributed by atoms with van der Waals surface area (Å²) < 4.78 is 31.2. The van der Waals surface area contributed by atoms with E-state index in [1.807, 2.05) is 0 Å². The lowest BCUT2D eigenvalue weighted by Gasteiger charge is -2.28. The highest BCUT2D eigenvalue weighted by atomic mass is 32.2. The van der Waals surface area contributed by atoms with Crippen molar-refractivity contribution in [2.75, 3.05) is 20.1 Å². The topological polar surface area (TPSA) is 115 Å². The van der Waals surface area contributed by atoms with Gasteiger partial charge in [-0.2, -0.15) is 0 Å². The number of carbonyl (C=O) groups is 1. The SMILES string of the molecule is CN1CCC(Oc2ncc(S(=O)(=O)c3ccccc3C(N)=O)cn2)CC1. The van der Waals surface area contributed by atoms with E-state index in [4.69, 9.17) is 10.5 Å². The Kier molecular flexibility index (Phi) is 5.19. The van der Waals surface area contributed by atoms with Gasteiger partial charge in [0.05, 0.1) is 22.9 Å². The summed E-state index contributed by atoms with van der Waals surface area (Å²) in [5.41, 5.74) is 5.20. The second-order valence-corrected chi connectivity index (χ2v) is 8.10. The monoisotopic (exact) mass is 376 g/mol. The smallest absolute Gasteiger partial charge is 0.316 e. The maximum Gasteiger partial charge on any atom is 0.316 e. The van der Waals surface area contributed by atoms with Crippen LogP contribution in [0, 0.1) is 0 Å². The molecular formula is C17H20N4O4S. The molecule has 0 radical (unpaired) electrons. The van der Waals surface area contributed by atoms with Crippen molar-refractivity contribution in [2.45, 2.75) is 28.7 Å². The molecule has 3 rings (SSSR count). The van der Waals surface area contributed by atoms with E-state index in [0.29, 0.717) is 0 Å². The highest BCUT2D eigenvalue weighted by Gasteiger charge is 2.25. The van der Waals surface area contributed by atoms with Crippen molar-refractivity contribution in [2.24, 2.45) is 5.73 Å². The fraction of sp³-hybridized carbons (Fsp3) is 0.353. The van der Waals surface area contributed by atoms with E-state index in [1.165, 1.54) is 30.6 Å². The van der Waals surface area contributed by atoms with E-state index in [2.05, 4.69) is 21.9 Å². The summed E-state index contributed by atoms with van der Waals surface area (Å²) in [5.74, 6) is -0.813. The molecule has 2 heterocycles. The lowest BCUT2D eigenvalue weighted by molar-refractivity contribution is 0.0997. The molecule has 1 saturated heterocycles. The van der Waals surface area contributed by atoms with Crippen molar-refractivity contribution in [3.63, 3.8) is 0 Å². The third-order valence-electron chi connectivity index (χ3n) is 4.29. The highest BCUT2D eigenvalue weighted by Crippen LogP contribution is 2.24. The number of sulfone groups is 1. The molecule has 26 heavy (non-hydrogen) atoms. The van der Waals surface area contributed by atoms with Gasteiger partial charge in [-0.25, -0.2) is 18.4 Å². The molecule has 8 nitrogen and oxygen atoms in total. The number of rotatable bonds is 5. The summed E-state index contributed by atoms with van der Waals surface area (Å²) in [6.45, 7) is 1.86. The van der Waals surface area contributed by atoms with Gasteiger partial charge in [0.2, 0.25) is 15.7 Å². The molecule has 1 aromatic carbocycles. The number of nitrogens with two attached hydrogens (primary N) is 1. The first kappa shape index (κ1) is 18.3. The Labute approximate surface area is 151 Å². The third kappa shape index (κ3) is 3.83. The van der Waals surface area contributed by atoms with Crippen LogP contribution in [0.2, 0.25) is 0 Å². The molecule has 1 amide bonds. The Bertz CT molecular complexity index is 891. The number of piperidine rings is 1. The van der Waals surface area contributed by atoms with E-state index in [-0.39, 0.29) is 27.5 Å². The minimum atomic E-state index is -3.96. The van der Waals surface area contributed by atoms with E-state index in [0.717, 1.165) is 25.9 Å². The fourth-order valence-electron chi connectivity index (χ4n) is 2.79. The molecule has 0 atom stereocenters. The predicted molar refractivity (Wildman–Crippen MR) is 93.6 cm³/mol. The van der Waals surface area contributed by atoms with Gasteiger partial charge >= 0.3 is 6.01 Å². The summed E-state index contributed by atoms with van der Waals surface area (Å²) in [7, 11) is -1.91. The van der Waals surface area contributed by atoms with Gasteiger partial charge < -0.3 is 15.4 Å². The van der Waals surface area contributed by atoms with Gasteiger partial charge in [0.1, 0.15) is 11.0 Å². The Morgan fingerprint density at radius 1 is 1.19 bits per heavy atom. The molecule has 1 aliphatic rings. The predicted octanol–water partition coefficient (Wildman–Crippen LogP) is 0.881. The first-order valence-electron chi connectivity index (χ1n) is 8.19. The first-order chi connectivity index (χ1) is 12.4. The first-order valence-corrected chi connectivity index (χ1v) is 9.67. The highest BCUT2D eigenvalue weighted by molar-refractivity contribution is 7.91. The molecule has 0 saturated carbocycles. The minimum Gasteiger partial charge on any atom is -0.460 e. The van der Waals surface area contributed by atoms with E-state index < -0.39 is 15.7 Å². The van der Waals surface area contributed by atoms with Crippen molar-refractivity contribution in [3.05, 3.63) is 42.2 Å². The van der Waals surface area contributed by atoms with Gasteiger partial charge in [0, 0.05) is 13.1 Å². The molecule has 2 N–H and O–H groups in total. The maximum atomic E-state index is 12.8. The molecular weight excluding hydrogens is 356 g/mol. The second kappa shape index (κ2) is 7.38. The Balaban J connectivity index is 1.81. The van der Waals surface area contributed by atoms with Crippen LogP contribution in [0.5, 0.6) is 6.01 Å². The average Bonchev–Trinajstić information content (AvgIpc) is 2.64. The van der Waals surface area contributed by atoms with Crippen LogP contribution in [0.3, 0.4) is 0 Å². The molecule has 0 spiro atoms. The maximum absolute atomic E-state index is 12.8. The van der Waals surface area contributed by atoms with Crippen LogP contribution in [0.25, 0.3) is 0 Å². The van der Waals surface area contributed by atoms with Gasteiger partial charge in [0.15, 0.2) is 0 Å². The Morgan fingerprint density at radius 2 is 1.81 bits per heavy atom. The number of hydrogen-bond donors (Lipinski definition) is 1. The number of benzene rings is 1. The van der Waals surface area contributed by atoms with Gasteiger partial charge in [-0.3, -0.25) is 4.79 Å². The summed E-state index contributed by atoms with van der Waals surface area (Å²) >= 11 is 0. The molecule has 1 fully saturated rings. The molecule has 1 aliphatic heterocycles. The van der Waals surface area contributed by atoms with Crippen LogP contribution in [-0.2, 0) is 9.84 Å². The fourth-order valence-corrected chi connectivity index (χ4v) is 4.14. The number of hydrogen-bond acceptors (Lipinski definition) is 7. The number of nitrogens with zero attached hydrogens (tertiary/aromatic N) is 3. The van der Waals surface area contributed by atoms with Crippen molar-refractivity contribution in [3.8, 4) is 6.01 Å². The molecule has 0 bridgehead atoms. The number of primary amides is 1. The zero-order valence-corrected chi connectivity index (χ0v) is 15.1. The zero-order chi connectivity index (χ0) is 18.7. The lowest BCUT2D eigenvalue weighted by Crippen LogP contribution is -2.35. The van der Waals surface area contributed by atoms with Gasteiger partial charge in [-0.1, -0.05) is 12.1 Å². The third-order valence-corrected chi connectivity index (χ3v) is 6.06. The van der Waals surface area contributed by atoms with Crippen LogP contribution in [-0.4, -0.2) is 55.4 Å². The molecule has 2 aromatic rings. The molecule has 1 aromatic heterocycles. The average molecular weight is 376 g/mol. The molecule has 0 aliphatic carbocycles. The van der Waals surface area contributed by atoms with E-state index in [9.17, 15) is 13.2 Å². The summed E-state index contributed by atoms with van der Waals surface area (Å²) in [6.07, 6.45) is 4.12. The number of amides is 1. The number of likely N-dealkylation sites (tertiary alicyclic amines) is 1. The molecule has 0 unspecified atom stereocenters. The zero-order valence-electron chi connectivity index (χ0n) is 14.3. The normalized spacial score (nSPS) is 16.3. The minimum absolute atomic E-state index is 0.0178. The van der Waals surface area contributed by atoms with E-state index >= 15 is 0 Å². The second-order valence-electron chi connectivity index (χ2n) is 6.19. The van der Waals surface area contributed by atoms with Gasteiger partial charge in [0.25, 0.3) is 0 Å². The lowest BCUT2D eigenvalue weighted by atomic mass is 10.1.